The van der Waals surface area contributed by atoms with Crippen molar-refractivity contribution in [3.8, 4) is 0 Å². The van der Waals surface area contributed by atoms with Gasteiger partial charge in [-0.1, -0.05) is 18.5 Å². The number of hydrogen-bond donors (Lipinski definition) is 1. The number of nitrogens with two attached hydrogens (primary N) is 1. The van der Waals surface area contributed by atoms with E-state index in [0.29, 0.717) is 0 Å². The van der Waals surface area contributed by atoms with Crippen LogP contribution in [0.1, 0.15) is 18.1 Å². The second-order valence-corrected chi connectivity index (χ2v) is 4.92. The molecular formula is C15H18ClN3. The van der Waals surface area contributed by atoms with Crippen LogP contribution in [-0.2, 0) is 13.1 Å². The molecule has 0 atom stereocenters. The molecule has 0 saturated heterocycles. The number of hydrogen-bond acceptors (Lipinski definition) is 3. The van der Waals surface area contributed by atoms with Gasteiger partial charge in [0.05, 0.1) is 0 Å². The van der Waals surface area contributed by atoms with E-state index in [9.17, 15) is 0 Å². The lowest BCUT2D eigenvalue weighted by Crippen LogP contribution is -2.22. The lowest BCUT2D eigenvalue weighted by molar-refractivity contribution is 0.271. The fraction of sp³-hybridized carbons (Fsp3) is 0.267. The Morgan fingerprint density at radius 2 is 1.89 bits per heavy atom. The summed E-state index contributed by atoms with van der Waals surface area (Å²) >= 11 is 6.21. The quantitative estimate of drug-likeness (QED) is 0.851. The van der Waals surface area contributed by atoms with Gasteiger partial charge in [0.1, 0.15) is 0 Å². The average molecular weight is 276 g/mol. The van der Waals surface area contributed by atoms with Gasteiger partial charge in [-0.15, -0.1) is 0 Å². The Kier molecular flexibility index (Phi) is 4.77. The van der Waals surface area contributed by atoms with Crippen molar-refractivity contribution in [3.63, 3.8) is 0 Å². The molecule has 2 N–H and O–H groups in total. The predicted molar refractivity (Wildman–Crippen MR) is 79.9 cm³/mol. The molecule has 1 aromatic carbocycles. The molecule has 0 aliphatic rings. The molecule has 1 aromatic heterocycles. The van der Waals surface area contributed by atoms with E-state index in [1.807, 2.05) is 42.7 Å². The minimum absolute atomic E-state index is 0.749. The van der Waals surface area contributed by atoms with Crippen molar-refractivity contribution in [3.05, 3.63) is 58.9 Å². The van der Waals surface area contributed by atoms with Crippen LogP contribution in [0.5, 0.6) is 0 Å². The first kappa shape index (κ1) is 13.8. The third-order valence-corrected chi connectivity index (χ3v) is 3.44. The van der Waals surface area contributed by atoms with Crippen LogP contribution in [0.2, 0.25) is 5.02 Å². The number of benzene rings is 1. The molecule has 0 spiro atoms. The standard InChI is InChI=1S/C15H18ClN3/c1-2-19(10-12-5-7-18-8-6-12)11-13-9-14(17)3-4-15(13)16/h3-9H,2,10-11,17H2,1H3. The van der Waals surface area contributed by atoms with Crippen LogP contribution >= 0.6 is 11.6 Å². The average Bonchev–Trinajstić information content (AvgIpc) is 2.43. The molecule has 0 fully saturated rings. The van der Waals surface area contributed by atoms with Gasteiger partial charge in [0.15, 0.2) is 0 Å². The van der Waals surface area contributed by atoms with E-state index in [4.69, 9.17) is 17.3 Å². The van der Waals surface area contributed by atoms with Crippen LogP contribution in [0.25, 0.3) is 0 Å². The summed E-state index contributed by atoms with van der Waals surface area (Å²) in [5.41, 5.74) is 8.88. The van der Waals surface area contributed by atoms with E-state index in [1.165, 1.54) is 5.56 Å². The molecule has 4 heteroatoms. The Bertz CT molecular complexity index is 528. The molecule has 0 radical (unpaired) electrons. The number of anilines is 1. The highest BCUT2D eigenvalue weighted by Crippen LogP contribution is 2.21. The van der Waals surface area contributed by atoms with Gasteiger partial charge in [-0.3, -0.25) is 9.88 Å². The molecule has 1 heterocycles. The van der Waals surface area contributed by atoms with Gasteiger partial charge in [0.25, 0.3) is 0 Å². The highest BCUT2D eigenvalue weighted by Gasteiger charge is 2.08. The molecule has 19 heavy (non-hydrogen) atoms. The summed E-state index contributed by atoms with van der Waals surface area (Å²) in [6.07, 6.45) is 3.63. The maximum atomic E-state index is 6.21. The molecule has 0 unspecified atom stereocenters. The third kappa shape index (κ3) is 3.94. The topological polar surface area (TPSA) is 42.2 Å². The lowest BCUT2D eigenvalue weighted by atomic mass is 10.1. The summed E-state index contributed by atoms with van der Waals surface area (Å²) in [5, 5.41) is 0.766. The van der Waals surface area contributed by atoms with Crippen molar-refractivity contribution in [1.29, 1.82) is 0 Å². The van der Waals surface area contributed by atoms with Crippen molar-refractivity contribution in [2.75, 3.05) is 12.3 Å². The van der Waals surface area contributed by atoms with Gasteiger partial charge >= 0.3 is 0 Å². The maximum Gasteiger partial charge on any atom is 0.0452 e. The highest BCUT2D eigenvalue weighted by atomic mass is 35.5. The number of rotatable bonds is 5. The van der Waals surface area contributed by atoms with E-state index in [0.717, 1.165) is 35.9 Å². The van der Waals surface area contributed by atoms with Gasteiger partial charge in [0, 0.05) is 36.2 Å². The van der Waals surface area contributed by atoms with Crippen LogP contribution in [0, 0.1) is 0 Å². The van der Waals surface area contributed by atoms with Gasteiger partial charge in [0.2, 0.25) is 0 Å². The number of nitrogens with zero attached hydrogens (tertiary/aromatic N) is 2. The molecule has 0 aliphatic carbocycles. The summed E-state index contributed by atoms with van der Waals surface area (Å²) in [6.45, 7) is 4.77. The zero-order valence-electron chi connectivity index (χ0n) is 11.0. The third-order valence-electron chi connectivity index (χ3n) is 3.07. The van der Waals surface area contributed by atoms with Crippen molar-refractivity contribution < 1.29 is 0 Å². The fourth-order valence-corrected chi connectivity index (χ4v) is 2.16. The second-order valence-electron chi connectivity index (χ2n) is 4.51. The SMILES string of the molecule is CCN(Cc1ccncc1)Cc1cc(N)ccc1Cl. The number of nitrogen functional groups attached to an aromatic ring is 1. The zero-order chi connectivity index (χ0) is 13.7. The van der Waals surface area contributed by atoms with E-state index in [-0.39, 0.29) is 0 Å². The Hall–Kier alpha value is -1.58. The van der Waals surface area contributed by atoms with E-state index in [1.54, 1.807) is 0 Å². The summed E-state index contributed by atoms with van der Waals surface area (Å²) in [4.78, 5) is 6.35. The van der Waals surface area contributed by atoms with E-state index < -0.39 is 0 Å². The largest absolute Gasteiger partial charge is 0.399 e. The number of aromatic nitrogens is 1. The molecule has 100 valence electrons. The molecular weight excluding hydrogens is 258 g/mol. The lowest BCUT2D eigenvalue weighted by Gasteiger charge is -2.21. The first-order chi connectivity index (χ1) is 9.19. The van der Waals surface area contributed by atoms with Crippen LogP contribution < -0.4 is 5.73 Å². The van der Waals surface area contributed by atoms with Crippen molar-refractivity contribution in [1.82, 2.24) is 9.88 Å². The maximum absolute atomic E-state index is 6.21. The Balaban J connectivity index is 2.09. The molecule has 0 bridgehead atoms. The van der Waals surface area contributed by atoms with Crippen molar-refractivity contribution in [2.24, 2.45) is 0 Å². The predicted octanol–water partition coefficient (Wildman–Crippen LogP) is 3.34. The van der Waals surface area contributed by atoms with E-state index in [2.05, 4.69) is 16.8 Å². The normalized spacial score (nSPS) is 10.9. The van der Waals surface area contributed by atoms with Gasteiger partial charge in [-0.05, 0) is 48.0 Å². The van der Waals surface area contributed by atoms with Crippen LogP contribution in [0.3, 0.4) is 0 Å². The molecule has 3 nitrogen and oxygen atoms in total. The Morgan fingerprint density at radius 1 is 1.16 bits per heavy atom. The van der Waals surface area contributed by atoms with E-state index >= 15 is 0 Å². The first-order valence-corrected chi connectivity index (χ1v) is 6.72. The summed E-state index contributed by atoms with van der Waals surface area (Å²) in [7, 11) is 0. The first-order valence-electron chi connectivity index (χ1n) is 6.34. The zero-order valence-corrected chi connectivity index (χ0v) is 11.8. The van der Waals surface area contributed by atoms with Crippen LogP contribution in [0.4, 0.5) is 5.69 Å². The minimum Gasteiger partial charge on any atom is -0.399 e. The highest BCUT2D eigenvalue weighted by molar-refractivity contribution is 6.31. The van der Waals surface area contributed by atoms with Gasteiger partial charge in [-0.25, -0.2) is 0 Å². The number of pyridine rings is 1. The number of halogens is 1. The summed E-state index contributed by atoms with van der Waals surface area (Å²) in [5.74, 6) is 0. The molecule has 0 aliphatic heterocycles. The van der Waals surface area contributed by atoms with Crippen LogP contribution in [-0.4, -0.2) is 16.4 Å². The van der Waals surface area contributed by atoms with Gasteiger partial charge in [-0.2, -0.15) is 0 Å². The Labute approximate surface area is 119 Å². The fourth-order valence-electron chi connectivity index (χ4n) is 1.98. The second kappa shape index (κ2) is 6.55. The van der Waals surface area contributed by atoms with Crippen molar-refractivity contribution >= 4 is 17.3 Å². The summed E-state index contributed by atoms with van der Waals surface area (Å²) < 4.78 is 0. The monoisotopic (exact) mass is 275 g/mol. The summed E-state index contributed by atoms with van der Waals surface area (Å²) in [6, 6.07) is 9.68. The van der Waals surface area contributed by atoms with Gasteiger partial charge < -0.3 is 5.73 Å². The molecule has 0 amide bonds. The smallest absolute Gasteiger partial charge is 0.0452 e. The minimum atomic E-state index is 0.749. The molecule has 2 rings (SSSR count). The van der Waals surface area contributed by atoms with Crippen molar-refractivity contribution in [2.45, 2.75) is 20.0 Å². The Morgan fingerprint density at radius 3 is 2.58 bits per heavy atom. The van der Waals surface area contributed by atoms with Crippen LogP contribution in [0.15, 0.2) is 42.7 Å². The molecule has 0 saturated carbocycles. The molecule has 2 aromatic rings.